The predicted octanol–water partition coefficient (Wildman–Crippen LogP) is 1.76. The second-order valence-corrected chi connectivity index (χ2v) is 6.87. The second-order valence-electron chi connectivity index (χ2n) is 6.87. The number of rotatable bonds is 2. The quantitative estimate of drug-likeness (QED) is 0.818. The zero-order valence-corrected chi connectivity index (χ0v) is 13.4. The Hall–Kier alpha value is -1.88. The van der Waals surface area contributed by atoms with Crippen LogP contribution < -0.4 is 5.32 Å². The third-order valence-corrected chi connectivity index (χ3v) is 4.03. The summed E-state index contributed by atoms with van der Waals surface area (Å²) in [7, 11) is 0. The van der Waals surface area contributed by atoms with Crippen molar-refractivity contribution in [3.05, 3.63) is 29.8 Å². The number of hydrogen-bond donors (Lipinski definition) is 2. The number of nitrogens with one attached hydrogen (secondary N) is 1. The Morgan fingerprint density at radius 2 is 1.91 bits per heavy atom. The Kier molecular flexibility index (Phi) is 4.86. The molecule has 1 saturated heterocycles. The molecule has 1 heterocycles. The number of amides is 2. The van der Waals surface area contributed by atoms with E-state index in [1.54, 1.807) is 0 Å². The van der Waals surface area contributed by atoms with E-state index in [2.05, 4.69) is 26.1 Å². The number of hydrogen-bond acceptors (Lipinski definition) is 3. The van der Waals surface area contributed by atoms with E-state index in [0.717, 1.165) is 6.42 Å². The average Bonchev–Trinajstić information content (AvgIpc) is 2.95. The third-order valence-electron chi connectivity index (χ3n) is 4.03. The average molecular weight is 304 g/mol. The van der Waals surface area contributed by atoms with Gasteiger partial charge < -0.3 is 15.3 Å². The van der Waals surface area contributed by atoms with Crippen molar-refractivity contribution in [2.75, 3.05) is 25.0 Å². The van der Waals surface area contributed by atoms with E-state index in [0.29, 0.717) is 18.8 Å². The maximum absolute atomic E-state index is 12.1. The lowest BCUT2D eigenvalue weighted by atomic mass is 9.87. The number of likely N-dealkylation sites (tertiary alicyclic amines) is 1. The molecule has 0 bridgehead atoms. The Balaban J connectivity index is 1.96. The molecule has 1 aromatic carbocycles. The summed E-state index contributed by atoms with van der Waals surface area (Å²) in [6.07, 6.45) is 0.746. The monoisotopic (exact) mass is 304 g/mol. The van der Waals surface area contributed by atoms with Gasteiger partial charge in [0.15, 0.2) is 0 Å². The van der Waals surface area contributed by atoms with Gasteiger partial charge in [0.1, 0.15) is 0 Å². The fraction of sp³-hybridized carbons (Fsp3) is 0.529. The molecule has 0 saturated carbocycles. The third kappa shape index (κ3) is 3.85. The summed E-state index contributed by atoms with van der Waals surface area (Å²) in [6.45, 7) is 7.39. The summed E-state index contributed by atoms with van der Waals surface area (Å²) in [5.41, 5.74) is 1.83. The molecule has 1 aliphatic heterocycles. The molecule has 5 heteroatoms. The van der Waals surface area contributed by atoms with Crippen molar-refractivity contribution in [2.24, 2.45) is 5.92 Å². The Morgan fingerprint density at radius 1 is 1.27 bits per heavy atom. The van der Waals surface area contributed by atoms with Gasteiger partial charge in [-0.3, -0.25) is 9.59 Å². The minimum absolute atomic E-state index is 0.0488. The molecule has 2 amide bonds. The first-order chi connectivity index (χ1) is 10.3. The van der Waals surface area contributed by atoms with Gasteiger partial charge in [-0.25, -0.2) is 0 Å². The van der Waals surface area contributed by atoms with Gasteiger partial charge in [0.05, 0.1) is 0 Å². The van der Waals surface area contributed by atoms with Crippen LogP contribution >= 0.6 is 0 Å². The summed E-state index contributed by atoms with van der Waals surface area (Å²) in [6, 6.07) is 7.54. The van der Waals surface area contributed by atoms with Crippen molar-refractivity contribution in [1.82, 2.24) is 4.90 Å². The van der Waals surface area contributed by atoms with Crippen molar-refractivity contribution in [3.63, 3.8) is 0 Å². The van der Waals surface area contributed by atoms with Gasteiger partial charge in [-0.1, -0.05) is 32.9 Å². The standard InChI is InChI=1S/C17H24N2O3/c1-17(2,3)13-4-6-14(7-5-13)18-15(21)16(22)19-9-8-12(10-19)11-20/h4-7,12,20H,8-11H2,1-3H3,(H,18,21). The van der Waals surface area contributed by atoms with Crippen LogP contribution in [0.1, 0.15) is 32.8 Å². The highest BCUT2D eigenvalue weighted by atomic mass is 16.3. The number of carbonyl (C=O) groups is 2. The number of anilines is 1. The van der Waals surface area contributed by atoms with Gasteiger partial charge >= 0.3 is 11.8 Å². The van der Waals surface area contributed by atoms with Crippen LogP contribution in [-0.4, -0.2) is 41.5 Å². The first-order valence-corrected chi connectivity index (χ1v) is 7.63. The topological polar surface area (TPSA) is 69.6 Å². The normalized spacial score (nSPS) is 18.4. The number of aliphatic hydroxyl groups is 1. The highest BCUT2D eigenvalue weighted by molar-refractivity contribution is 6.39. The highest BCUT2D eigenvalue weighted by Crippen LogP contribution is 2.23. The molecule has 2 rings (SSSR count). The first-order valence-electron chi connectivity index (χ1n) is 7.63. The largest absolute Gasteiger partial charge is 0.396 e. The highest BCUT2D eigenvalue weighted by Gasteiger charge is 2.29. The molecule has 1 aliphatic rings. The smallest absolute Gasteiger partial charge is 0.313 e. The lowest BCUT2D eigenvalue weighted by Crippen LogP contribution is -2.38. The number of nitrogens with zero attached hydrogens (tertiary/aromatic N) is 1. The fourth-order valence-corrected chi connectivity index (χ4v) is 2.55. The zero-order chi connectivity index (χ0) is 16.3. The summed E-state index contributed by atoms with van der Waals surface area (Å²) in [5, 5.41) is 11.7. The predicted molar refractivity (Wildman–Crippen MR) is 85.5 cm³/mol. The van der Waals surface area contributed by atoms with Gasteiger partial charge in [-0.15, -0.1) is 0 Å². The molecule has 1 aromatic rings. The molecule has 1 unspecified atom stereocenters. The van der Waals surface area contributed by atoms with Crippen molar-refractivity contribution < 1.29 is 14.7 Å². The molecule has 120 valence electrons. The minimum atomic E-state index is -0.623. The SMILES string of the molecule is CC(C)(C)c1ccc(NC(=O)C(=O)N2CCC(CO)C2)cc1. The van der Waals surface area contributed by atoms with Crippen LogP contribution in [0.2, 0.25) is 0 Å². The Labute approximate surface area is 131 Å². The van der Waals surface area contributed by atoms with Crippen molar-refractivity contribution in [1.29, 1.82) is 0 Å². The summed E-state index contributed by atoms with van der Waals surface area (Å²) < 4.78 is 0. The number of benzene rings is 1. The Bertz CT molecular complexity index is 546. The molecular weight excluding hydrogens is 280 g/mol. The van der Waals surface area contributed by atoms with Crippen LogP contribution in [-0.2, 0) is 15.0 Å². The van der Waals surface area contributed by atoms with E-state index in [9.17, 15) is 9.59 Å². The van der Waals surface area contributed by atoms with E-state index < -0.39 is 11.8 Å². The molecule has 5 nitrogen and oxygen atoms in total. The first kappa shape index (κ1) is 16.5. The molecular formula is C17H24N2O3. The van der Waals surface area contributed by atoms with E-state index >= 15 is 0 Å². The van der Waals surface area contributed by atoms with E-state index in [1.807, 2.05) is 24.3 Å². The summed E-state index contributed by atoms with van der Waals surface area (Å²) in [5.74, 6) is -1.07. The van der Waals surface area contributed by atoms with E-state index in [1.165, 1.54) is 10.5 Å². The molecule has 22 heavy (non-hydrogen) atoms. The van der Waals surface area contributed by atoms with Gasteiger partial charge in [0, 0.05) is 31.3 Å². The molecule has 2 N–H and O–H groups in total. The van der Waals surface area contributed by atoms with Crippen molar-refractivity contribution >= 4 is 17.5 Å². The van der Waals surface area contributed by atoms with Gasteiger partial charge in [-0.05, 0) is 29.5 Å². The summed E-state index contributed by atoms with van der Waals surface area (Å²) in [4.78, 5) is 25.6. The maximum Gasteiger partial charge on any atom is 0.313 e. The minimum Gasteiger partial charge on any atom is -0.396 e. The van der Waals surface area contributed by atoms with Crippen LogP contribution in [0.3, 0.4) is 0 Å². The van der Waals surface area contributed by atoms with Crippen LogP contribution in [0.4, 0.5) is 5.69 Å². The zero-order valence-electron chi connectivity index (χ0n) is 13.4. The second kappa shape index (κ2) is 6.48. The van der Waals surface area contributed by atoms with Gasteiger partial charge in [0.25, 0.3) is 0 Å². The van der Waals surface area contributed by atoms with Crippen LogP contribution in [0, 0.1) is 5.92 Å². The lowest BCUT2D eigenvalue weighted by molar-refractivity contribution is -0.142. The molecule has 0 aliphatic carbocycles. The van der Waals surface area contributed by atoms with Crippen LogP contribution in [0.25, 0.3) is 0 Å². The van der Waals surface area contributed by atoms with Crippen LogP contribution in [0.15, 0.2) is 24.3 Å². The lowest BCUT2D eigenvalue weighted by Gasteiger charge is -2.19. The molecule has 1 atom stereocenters. The van der Waals surface area contributed by atoms with Crippen molar-refractivity contribution in [3.8, 4) is 0 Å². The van der Waals surface area contributed by atoms with E-state index in [4.69, 9.17) is 5.11 Å². The fourth-order valence-electron chi connectivity index (χ4n) is 2.55. The molecule has 0 radical (unpaired) electrons. The molecule has 0 spiro atoms. The molecule has 1 fully saturated rings. The van der Waals surface area contributed by atoms with Crippen molar-refractivity contribution in [2.45, 2.75) is 32.6 Å². The van der Waals surface area contributed by atoms with Gasteiger partial charge in [-0.2, -0.15) is 0 Å². The van der Waals surface area contributed by atoms with E-state index in [-0.39, 0.29) is 17.9 Å². The number of carbonyl (C=O) groups excluding carboxylic acids is 2. The summed E-state index contributed by atoms with van der Waals surface area (Å²) >= 11 is 0. The van der Waals surface area contributed by atoms with Gasteiger partial charge in [0.2, 0.25) is 0 Å². The maximum atomic E-state index is 12.1. The molecule has 0 aromatic heterocycles. The number of aliphatic hydroxyl groups excluding tert-OH is 1. The Morgan fingerprint density at radius 3 is 2.41 bits per heavy atom. The van der Waals surface area contributed by atoms with Crippen LogP contribution in [0.5, 0.6) is 0 Å².